The Morgan fingerprint density at radius 2 is 1.19 bits per heavy atom. The van der Waals surface area contributed by atoms with Gasteiger partial charge in [-0.1, -0.05) is 133 Å². The second-order valence-electron chi connectivity index (χ2n) is 11.6. The van der Waals surface area contributed by atoms with Crippen LogP contribution in [0.1, 0.15) is 28.0 Å². The molecule has 1 atom stereocenters. The van der Waals surface area contributed by atoms with Gasteiger partial charge in [-0.15, -0.1) is 0 Å². The molecule has 2 nitrogen and oxygen atoms in total. The Bertz CT molecular complexity index is 2300. The summed E-state index contributed by atoms with van der Waals surface area (Å²) in [5, 5.41) is 7.52. The first-order chi connectivity index (χ1) is 20.9. The monoisotopic (exact) mass is 535 g/mol. The molecule has 0 bridgehead atoms. The lowest BCUT2D eigenvalue weighted by Crippen LogP contribution is -2.45. The molecular formula is C40H25NO. The van der Waals surface area contributed by atoms with Gasteiger partial charge >= 0.3 is 0 Å². The van der Waals surface area contributed by atoms with Crippen LogP contribution in [-0.4, -0.2) is 6.04 Å². The van der Waals surface area contributed by atoms with Gasteiger partial charge in [-0.05, 0) is 50.2 Å². The number of para-hydroxylation sites is 1. The summed E-state index contributed by atoms with van der Waals surface area (Å²) in [7, 11) is 0. The fourth-order valence-electron chi connectivity index (χ4n) is 8.10. The summed E-state index contributed by atoms with van der Waals surface area (Å²) in [6, 6.07) is 42.1. The van der Waals surface area contributed by atoms with Crippen molar-refractivity contribution in [3.8, 4) is 22.3 Å². The van der Waals surface area contributed by atoms with Crippen LogP contribution in [0.25, 0.3) is 44.5 Å². The minimum absolute atomic E-state index is 0.123. The summed E-state index contributed by atoms with van der Waals surface area (Å²) in [5.74, 6) is 1.03. The lowest BCUT2D eigenvalue weighted by molar-refractivity contribution is 0.506. The van der Waals surface area contributed by atoms with E-state index >= 15 is 0 Å². The zero-order valence-corrected chi connectivity index (χ0v) is 22.8. The molecule has 10 rings (SSSR count). The Labute approximate surface area is 243 Å². The predicted octanol–water partition coefficient (Wildman–Crippen LogP) is 7.18. The standard InChI is InChI=1S/C40H25NO/c1-2-16-28-24(12-1)27-15-6-10-23-35(27)41-37(28)31-19-11-18-30-36-29-17-5-9-22-34(29)40(39(36)42-38(30)31)32-20-7-3-13-25(32)26-14-4-8-21-33(26)40/h1-23,35,41H. The van der Waals surface area contributed by atoms with Crippen LogP contribution in [0.4, 0.5) is 0 Å². The van der Waals surface area contributed by atoms with Crippen LogP contribution in [0.5, 0.6) is 0 Å². The van der Waals surface area contributed by atoms with Crippen molar-refractivity contribution >= 4 is 22.2 Å². The molecule has 1 unspecified atom stereocenters. The number of hydrogen-bond acceptors (Lipinski definition) is 2. The molecule has 5 aromatic carbocycles. The van der Waals surface area contributed by atoms with Gasteiger partial charge in [-0.3, -0.25) is 0 Å². The third-order valence-electron chi connectivity index (χ3n) is 9.71. The second-order valence-corrected chi connectivity index (χ2v) is 11.6. The van der Waals surface area contributed by atoms with Gasteiger partial charge in [0.2, 0.25) is 0 Å². The number of rotatable bonds is 1. The van der Waals surface area contributed by atoms with Crippen molar-refractivity contribution in [1.29, 1.82) is 0 Å². The van der Waals surface area contributed by atoms with Gasteiger partial charge in [0.1, 0.15) is 16.8 Å². The Morgan fingerprint density at radius 3 is 1.95 bits per heavy atom. The van der Waals surface area contributed by atoms with E-state index in [0.717, 1.165) is 28.0 Å². The normalized spacial score (nSPS) is 17.9. The van der Waals surface area contributed by atoms with Crippen LogP contribution in [0, 0.1) is 0 Å². The number of allylic oxidation sites excluding steroid dienone is 2. The third kappa shape index (κ3) is 2.57. The van der Waals surface area contributed by atoms with E-state index in [1.807, 2.05) is 0 Å². The van der Waals surface area contributed by atoms with Crippen LogP contribution >= 0.6 is 0 Å². The van der Waals surface area contributed by atoms with E-state index in [9.17, 15) is 0 Å². The first-order valence-electron chi connectivity index (χ1n) is 14.7. The fourth-order valence-corrected chi connectivity index (χ4v) is 8.10. The molecule has 1 aliphatic heterocycles. The minimum atomic E-state index is -0.490. The number of furan rings is 1. The molecule has 0 radical (unpaired) electrons. The van der Waals surface area contributed by atoms with Crippen LogP contribution < -0.4 is 15.8 Å². The van der Waals surface area contributed by atoms with E-state index in [-0.39, 0.29) is 6.04 Å². The van der Waals surface area contributed by atoms with E-state index in [2.05, 4.69) is 145 Å². The van der Waals surface area contributed by atoms with Crippen molar-refractivity contribution in [2.45, 2.75) is 11.5 Å². The first kappa shape index (κ1) is 22.4. The summed E-state index contributed by atoms with van der Waals surface area (Å²) in [5.41, 5.74) is 12.9. The highest BCUT2D eigenvalue weighted by Crippen LogP contribution is 2.64. The lowest BCUT2D eigenvalue weighted by Gasteiger charge is -2.28. The van der Waals surface area contributed by atoms with Crippen molar-refractivity contribution in [3.63, 3.8) is 0 Å². The van der Waals surface area contributed by atoms with Crippen LogP contribution in [0.3, 0.4) is 0 Å². The molecule has 42 heavy (non-hydrogen) atoms. The summed E-state index contributed by atoms with van der Waals surface area (Å²) < 4.78 is 7.28. The van der Waals surface area contributed by atoms with Crippen molar-refractivity contribution in [2.75, 3.05) is 0 Å². The summed E-state index contributed by atoms with van der Waals surface area (Å²) in [6.45, 7) is 0. The number of fused-ring (bicyclic) bond motifs is 14. The van der Waals surface area contributed by atoms with Gasteiger partial charge in [0.15, 0.2) is 0 Å². The maximum absolute atomic E-state index is 7.28. The molecule has 196 valence electrons. The van der Waals surface area contributed by atoms with Gasteiger partial charge in [-0.2, -0.15) is 0 Å². The maximum atomic E-state index is 7.28. The van der Waals surface area contributed by atoms with Crippen LogP contribution in [0.2, 0.25) is 0 Å². The smallest absolute Gasteiger partial charge is 0.144 e. The zero-order valence-electron chi connectivity index (χ0n) is 22.8. The molecule has 6 aromatic rings. The lowest BCUT2D eigenvalue weighted by atomic mass is 9.73. The van der Waals surface area contributed by atoms with Gasteiger partial charge in [0, 0.05) is 21.7 Å². The second kappa shape index (κ2) is 7.90. The van der Waals surface area contributed by atoms with Crippen molar-refractivity contribution in [3.05, 3.63) is 178 Å². The van der Waals surface area contributed by atoms with Gasteiger partial charge < -0.3 is 9.73 Å². The minimum Gasteiger partial charge on any atom is -0.458 e. The number of hydrogen-bond donors (Lipinski definition) is 1. The predicted molar refractivity (Wildman–Crippen MR) is 169 cm³/mol. The number of nitrogens with one attached hydrogen (secondary N) is 1. The van der Waals surface area contributed by atoms with E-state index < -0.39 is 5.41 Å². The Morgan fingerprint density at radius 1 is 0.571 bits per heavy atom. The van der Waals surface area contributed by atoms with Crippen LogP contribution in [-0.2, 0) is 5.41 Å². The Kier molecular flexibility index (Phi) is 4.20. The molecule has 1 spiro atoms. The largest absolute Gasteiger partial charge is 0.458 e. The molecule has 4 aliphatic rings. The molecule has 0 saturated heterocycles. The average molecular weight is 536 g/mol. The average Bonchev–Trinajstić information content (AvgIpc) is 3.68. The molecule has 0 saturated carbocycles. The highest BCUT2D eigenvalue weighted by molar-refractivity contribution is 6.07. The molecule has 1 N–H and O–H groups in total. The summed E-state index contributed by atoms with van der Waals surface area (Å²) in [6.07, 6.45) is 8.72. The highest BCUT2D eigenvalue weighted by atomic mass is 16.3. The molecule has 0 amide bonds. The van der Waals surface area contributed by atoms with Gasteiger partial charge in [0.05, 0.1) is 11.7 Å². The van der Waals surface area contributed by atoms with E-state index in [4.69, 9.17) is 4.42 Å². The van der Waals surface area contributed by atoms with E-state index in [1.165, 1.54) is 55.0 Å². The molecule has 0 fully saturated rings. The van der Waals surface area contributed by atoms with Crippen molar-refractivity contribution < 1.29 is 4.42 Å². The molecule has 1 aromatic heterocycles. The molecular weight excluding hydrogens is 510 g/mol. The first-order valence-corrected chi connectivity index (χ1v) is 14.7. The number of benzene rings is 5. The van der Waals surface area contributed by atoms with Crippen molar-refractivity contribution in [1.82, 2.24) is 5.32 Å². The van der Waals surface area contributed by atoms with E-state index in [1.54, 1.807) is 0 Å². The summed E-state index contributed by atoms with van der Waals surface area (Å²) >= 11 is 0. The molecule has 3 aliphatic carbocycles. The van der Waals surface area contributed by atoms with Gasteiger partial charge in [-0.25, -0.2) is 0 Å². The quantitative estimate of drug-likeness (QED) is 0.241. The fraction of sp³-hybridized carbons (Fsp3) is 0.0500. The molecule has 2 heteroatoms. The molecule has 2 heterocycles. The van der Waals surface area contributed by atoms with Crippen LogP contribution in [0.15, 0.2) is 144 Å². The van der Waals surface area contributed by atoms with Gasteiger partial charge in [0.25, 0.3) is 0 Å². The third-order valence-corrected chi connectivity index (χ3v) is 9.71. The summed E-state index contributed by atoms with van der Waals surface area (Å²) in [4.78, 5) is 0. The Hall–Kier alpha value is -5.34. The zero-order chi connectivity index (χ0) is 27.4. The SMILES string of the molecule is C1=CC2=c3ccccc3=C(c3cccc4c5c(oc34)C3(c4ccccc4-c4ccccc43)c3ccccc3-5)NC2C=C1. The topological polar surface area (TPSA) is 25.2 Å². The maximum Gasteiger partial charge on any atom is 0.144 e. The Balaban J connectivity index is 1.34. The van der Waals surface area contributed by atoms with E-state index in [0.29, 0.717) is 0 Å². The highest BCUT2D eigenvalue weighted by Gasteiger charge is 2.54. The van der Waals surface area contributed by atoms with Crippen molar-refractivity contribution in [2.24, 2.45) is 0 Å².